The Morgan fingerprint density at radius 2 is 1.94 bits per heavy atom. The van der Waals surface area contributed by atoms with Gasteiger partial charge in [0.2, 0.25) is 0 Å². The van der Waals surface area contributed by atoms with Crippen molar-refractivity contribution < 1.29 is 4.79 Å². The van der Waals surface area contributed by atoms with Gasteiger partial charge in [-0.15, -0.1) is 0 Å². The largest absolute Gasteiger partial charge is 0.370 e. The van der Waals surface area contributed by atoms with Crippen LogP contribution in [-0.2, 0) is 0 Å². The molecule has 18 heavy (non-hydrogen) atoms. The van der Waals surface area contributed by atoms with Crippen LogP contribution in [0.1, 0.15) is 23.7 Å². The van der Waals surface area contributed by atoms with Crippen molar-refractivity contribution in [3.8, 4) is 0 Å². The molecule has 4 heteroatoms. The van der Waals surface area contributed by atoms with E-state index in [9.17, 15) is 4.79 Å². The van der Waals surface area contributed by atoms with Gasteiger partial charge in [-0.3, -0.25) is 4.79 Å². The first-order valence-electron chi connectivity index (χ1n) is 6.23. The Kier molecular flexibility index (Phi) is 6.36. The molecular weight excluding hydrogens is 292 g/mol. The maximum Gasteiger partial charge on any atom is 0.151 e. The van der Waals surface area contributed by atoms with Crippen molar-refractivity contribution in [3.05, 3.63) is 28.2 Å². The lowest BCUT2D eigenvalue weighted by atomic mass is 10.2. The number of rotatable bonds is 7. The highest BCUT2D eigenvalue weighted by atomic mass is 79.9. The van der Waals surface area contributed by atoms with Crippen LogP contribution in [0, 0.1) is 0 Å². The summed E-state index contributed by atoms with van der Waals surface area (Å²) in [6.45, 7) is 5.22. The standard InChI is InChI=1S/C14H21BrN2O/c1-4-7-17(9-8-16(2)3)13-6-5-12(11-18)14(15)10-13/h5-6,10-11H,4,7-9H2,1-3H3. The fourth-order valence-corrected chi connectivity index (χ4v) is 2.23. The lowest BCUT2D eigenvalue weighted by molar-refractivity contribution is 0.112. The molecule has 1 aromatic carbocycles. The molecule has 3 nitrogen and oxygen atoms in total. The number of aldehydes is 1. The van der Waals surface area contributed by atoms with Crippen molar-refractivity contribution in [3.63, 3.8) is 0 Å². The summed E-state index contributed by atoms with van der Waals surface area (Å²) in [6.07, 6.45) is 1.98. The molecule has 0 bridgehead atoms. The first-order valence-corrected chi connectivity index (χ1v) is 7.02. The van der Waals surface area contributed by atoms with Gasteiger partial charge >= 0.3 is 0 Å². The van der Waals surface area contributed by atoms with Crippen molar-refractivity contribution in [1.29, 1.82) is 0 Å². The zero-order valence-corrected chi connectivity index (χ0v) is 12.9. The molecule has 100 valence electrons. The minimum Gasteiger partial charge on any atom is -0.370 e. The Hall–Kier alpha value is -0.870. The van der Waals surface area contributed by atoms with Crippen LogP contribution in [0.3, 0.4) is 0 Å². The van der Waals surface area contributed by atoms with E-state index in [2.05, 4.69) is 46.7 Å². The molecule has 0 unspecified atom stereocenters. The second-order valence-corrected chi connectivity index (χ2v) is 5.47. The van der Waals surface area contributed by atoms with Gasteiger partial charge in [0.05, 0.1) is 0 Å². The summed E-state index contributed by atoms with van der Waals surface area (Å²) in [7, 11) is 4.16. The van der Waals surface area contributed by atoms with Crippen LogP contribution < -0.4 is 4.90 Å². The van der Waals surface area contributed by atoms with E-state index in [4.69, 9.17) is 0 Å². The summed E-state index contributed by atoms with van der Waals surface area (Å²) in [4.78, 5) is 15.3. The first kappa shape index (κ1) is 15.2. The molecule has 0 radical (unpaired) electrons. The predicted molar refractivity (Wildman–Crippen MR) is 80.6 cm³/mol. The molecule has 0 aliphatic heterocycles. The minimum atomic E-state index is 0.697. The second-order valence-electron chi connectivity index (χ2n) is 4.61. The summed E-state index contributed by atoms with van der Waals surface area (Å²) in [6, 6.07) is 5.90. The van der Waals surface area contributed by atoms with Crippen LogP contribution in [-0.4, -0.2) is 44.9 Å². The van der Waals surface area contributed by atoms with Gasteiger partial charge < -0.3 is 9.80 Å². The number of carbonyl (C=O) groups is 1. The average molecular weight is 313 g/mol. The van der Waals surface area contributed by atoms with E-state index < -0.39 is 0 Å². The molecule has 0 aromatic heterocycles. The summed E-state index contributed by atoms with van der Waals surface area (Å²) in [5.74, 6) is 0. The van der Waals surface area contributed by atoms with Gasteiger partial charge in [0.15, 0.2) is 6.29 Å². The molecule has 0 atom stereocenters. The van der Waals surface area contributed by atoms with Crippen molar-refractivity contribution in [2.75, 3.05) is 38.6 Å². The Labute approximate surface area is 118 Å². The summed E-state index contributed by atoms with van der Waals surface area (Å²) in [5.41, 5.74) is 1.86. The highest BCUT2D eigenvalue weighted by molar-refractivity contribution is 9.10. The van der Waals surface area contributed by atoms with Gasteiger partial charge in [-0.1, -0.05) is 6.92 Å². The first-order chi connectivity index (χ1) is 8.58. The highest BCUT2D eigenvalue weighted by Gasteiger charge is 2.08. The van der Waals surface area contributed by atoms with Crippen molar-refractivity contribution in [2.24, 2.45) is 0 Å². The van der Waals surface area contributed by atoms with Gasteiger partial charge in [-0.2, -0.15) is 0 Å². The van der Waals surface area contributed by atoms with Crippen molar-refractivity contribution in [1.82, 2.24) is 4.90 Å². The quantitative estimate of drug-likeness (QED) is 0.723. The predicted octanol–water partition coefficient (Wildman–Crippen LogP) is 3.04. The molecular formula is C14H21BrN2O. The number of nitrogens with zero attached hydrogens (tertiary/aromatic N) is 2. The molecule has 0 aliphatic rings. The Bertz CT molecular complexity index is 393. The number of halogens is 1. The fourth-order valence-electron chi connectivity index (χ4n) is 1.77. The van der Waals surface area contributed by atoms with Gasteiger partial charge in [0.25, 0.3) is 0 Å². The minimum absolute atomic E-state index is 0.697. The molecule has 1 aromatic rings. The molecule has 0 aliphatic carbocycles. The third-order valence-corrected chi connectivity index (χ3v) is 3.47. The third-order valence-electron chi connectivity index (χ3n) is 2.79. The van der Waals surface area contributed by atoms with E-state index in [-0.39, 0.29) is 0 Å². The number of hydrogen-bond acceptors (Lipinski definition) is 3. The van der Waals surface area contributed by atoms with E-state index in [0.29, 0.717) is 5.56 Å². The second kappa shape index (κ2) is 7.54. The van der Waals surface area contributed by atoms with E-state index in [0.717, 1.165) is 42.5 Å². The van der Waals surface area contributed by atoms with E-state index in [1.807, 2.05) is 18.2 Å². The lowest BCUT2D eigenvalue weighted by Crippen LogP contribution is -2.32. The molecule has 0 amide bonds. The zero-order valence-electron chi connectivity index (χ0n) is 11.3. The van der Waals surface area contributed by atoms with Crippen LogP contribution in [0.5, 0.6) is 0 Å². The number of hydrogen-bond donors (Lipinski definition) is 0. The summed E-state index contributed by atoms with van der Waals surface area (Å²) >= 11 is 3.44. The molecule has 0 saturated carbocycles. The normalized spacial score (nSPS) is 10.7. The van der Waals surface area contributed by atoms with Gasteiger partial charge in [-0.05, 0) is 54.6 Å². The van der Waals surface area contributed by atoms with Crippen LogP contribution in [0.25, 0.3) is 0 Å². The van der Waals surface area contributed by atoms with Crippen LogP contribution >= 0.6 is 15.9 Å². The van der Waals surface area contributed by atoms with Crippen LogP contribution in [0.2, 0.25) is 0 Å². The number of carbonyl (C=O) groups excluding carboxylic acids is 1. The molecule has 0 fully saturated rings. The summed E-state index contributed by atoms with van der Waals surface area (Å²) in [5, 5.41) is 0. The molecule has 1 rings (SSSR count). The maximum absolute atomic E-state index is 10.8. The topological polar surface area (TPSA) is 23.6 Å². The smallest absolute Gasteiger partial charge is 0.151 e. The highest BCUT2D eigenvalue weighted by Crippen LogP contribution is 2.23. The SMILES string of the molecule is CCCN(CCN(C)C)c1ccc(C=O)c(Br)c1. The number of anilines is 1. The molecule has 0 spiro atoms. The van der Waals surface area contributed by atoms with Crippen LogP contribution in [0.15, 0.2) is 22.7 Å². The van der Waals surface area contributed by atoms with Gasteiger partial charge in [-0.25, -0.2) is 0 Å². The summed E-state index contributed by atoms with van der Waals surface area (Å²) < 4.78 is 0.862. The molecule has 0 heterocycles. The van der Waals surface area contributed by atoms with Gasteiger partial charge in [0, 0.05) is 35.4 Å². The van der Waals surface area contributed by atoms with E-state index in [1.165, 1.54) is 0 Å². The fraction of sp³-hybridized carbons (Fsp3) is 0.500. The van der Waals surface area contributed by atoms with Crippen molar-refractivity contribution in [2.45, 2.75) is 13.3 Å². The Balaban J connectivity index is 2.84. The Morgan fingerprint density at radius 3 is 2.44 bits per heavy atom. The Morgan fingerprint density at radius 1 is 1.22 bits per heavy atom. The lowest BCUT2D eigenvalue weighted by Gasteiger charge is -2.26. The number of benzene rings is 1. The average Bonchev–Trinajstić information content (AvgIpc) is 2.34. The monoisotopic (exact) mass is 312 g/mol. The molecule has 0 N–H and O–H groups in total. The third kappa shape index (κ3) is 4.42. The van der Waals surface area contributed by atoms with E-state index in [1.54, 1.807) is 0 Å². The van der Waals surface area contributed by atoms with E-state index >= 15 is 0 Å². The van der Waals surface area contributed by atoms with Gasteiger partial charge in [0.1, 0.15) is 0 Å². The maximum atomic E-state index is 10.8. The van der Waals surface area contributed by atoms with Crippen molar-refractivity contribution >= 4 is 27.9 Å². The molecule has 0 saturated heterocycles. The zero-order chi connectivity index (χ0) is 13.5. The number of likely N-dealkylation sites (N-methyl/N-ethyl adjacent to an activating group) is 1. The van der Waals surface area contributed by atoms with Crippen LogP contribution in [0.4, 0.5) is 5.69 Å².